The van der Waals surface area contributed by atoms with E-state index < -0.39 is 6.10 Å². The van der Waals surface area contributed by atoms with Gasteiger partial charge in [0.25, 0.3) is 0 Å². The Balaban J connectivity index is 1.49. The molecule has 1 heterocycles. The molecule has 3 nitrogen and oxygen atoms in total. The largest absolute Gasteiger partial charge is 0.495 e. The standard InChI is InChI=1S/C27H30ClNO2/c1-3-24(29-15-13-20(14-16-29)17-19-7-5-4-6-8-19)27(30)22-9-11-23-21(18-22)10-12-25(31-2)26(23)28/h4-13,18,24,27,30H,3,14-17H2,1-2H3/t24-,27+/m0/s1. The fourth-order valence-corrected chi connectivity index (χ4v) is 4.89. The monoisotopic (exact) mass is 435 g/mol. The molecule has 1 aliphatic rings. The zero-order chi connectivity index (χ0) is 21.8. The Hall–Kier alpha value is -2.33. The van der Waals surface area contributed by atoms with Gasteiger partial charge in [-0.2, -0.15) is 0 Å². The van der Waals surface area contributed by atoms with Crippen molar-refractivity contribution in [1.29, 1.82) is 0 Å². The molecule has 31 heavy (non-hydrogen) atoms. The second-order valence-corrected chi connectivity index (χ2v) is 8.63. The first kappa shape index (κ1) is 21.9. The Morgan fingerprint density at radius 1 is 1.10 bits per heavy atom. The van der Waals surface area contributed by atoms with E-state index in [2.05, 4.69) is 54.3 Å². The van der Waals surface area contributed by atoms with Gasteiger partial charge in [-0.3, -0.25) is 4.90 Å². The van der Waals surface area contributed by atoms with Crippen LogP contribution in [0.15, 0.2) is 72.3 Å². The quantitative estimate of drug-likeness (QED) is 0.449. The highest BCUT2D eigenvalue weighted by Gasteiger charge is 2.27. The van der Waals surface area contributed by atoms with Gasteiger partial charge in [0.2, 0.25) is 0 Å². The summed E-state index contributed by atoms with van der Waals surface area (Å²) in [6, 6.07) is 20.6. The van der Waals surface area contributed by atoms with Crippen LogP contribution in [0, 0.1) is 0 Å². The average Bonchev–Trinajstić information content (AvgIpc) is 2.81. The number of aliphatic hydroxyl groups excluding tert-OH is 1. The highest BCUT2D eigenvalue weighted by Crippen LogP contribution is 2.35. The smallest absolute Gasteiger partial charge is 0.138 e. The summed E-state index contributed by atoms with van der Waals surface area (Å²) in [6.45, 7) is 4.01. The van der Waals surface area contributed by atoms with E-state index in [1.165, 1.54) is 11.1 Å². The van der Waals surface area contributed by atoms with Crippen LogP contribution in [0.1, 0.15) is 37.0 Å². The summed E-state index contributed by atoms with van der Waals surface area (Å²) in [4.78, 5) is 2.41. The molecule has 0 amide bonds. The van der Waals surface area contributed by atoms with E-state index in [9.17, 15) is 5.11 Å². The SMILES string of the molecule is CC[C@@H]([C@H](O)c1ccc2c(Cl)c(OC)ccc2c1)N1CC=C(Cc2ccccc2)CC1. The van der Waals surface area contributed by atoms with Gasteiger partial charge < -0.3 is 9.84 Å². The third-order valence-electron chi connectivity index (χ3n) is 6.36. The molecule has 0 unspecified atom stereocenters. The molecule has 0 saturated heterocycles. The molecule has 0 aliphatic carbocycles. The van der Waals surface area contributed by atoms with Gasteiger partial charge in [0, 0.05) is 24.5 Å². The van der Waals surface area contributed by atoms with E-state index in [0.717, 1.165) is 48.7 Å². The molecule has 0 aromatic heterocycles. The van der Waals surface area contributed by atoms with Crippen LogP contribution in [0.2, 0.25) is 5.02 Å². The zero-order valence-electron chi connectivity index (χ0n) is 18.2. The fourth-order valence-electron chi connectivity index (χ4n) is 4.58. The predicted molar refractivity (Wildman–Crippen MR) is 129 cm³/mol. The normalized spacial score (nSPS) is 16.7. The topological polar surface area (TPSA) is 32.7 Å². The van der Waals surface area contributed by atoms with Gasteiger partial charge >= 0.3 is 0 Å². The minimum absolute atomic E-state index is 0.0840. The molecule has 0 fully saturated rings. The highest BCUT2D eigenvalue weighted by molar-refractivity contribution is 6.37. The van der Waals surface area contributed by atoms with Crippen LogP contribution in [0.3, 0.4) is 0 Å². The number of benzene rings is 3. The Labute approximate surface area is 189 Å². The maximum Gasteiger partial charge on any atom is 0.138 e. The molecular weight excluding hydrogens is 406 g/mol. The van der Waals surface area contributed by atoms with Gasteiger partial charge in [0.1, 0.15) is 5.75 Å². The maximum absolute atomic E-state index is 11.2. The predicted octanol–water partition coefficient (Wildman–Crippen LogP) is 6.19. The van der Waals surface area contributed by atoms with Gasteiger partial charge in [-0.25, -0.2) is 0 Å². The lowest BCUT2D eigenvalue weighted by Gasteiger charge is -2.36. The van der Waals surface area contributed by atoms with Gasteiger partial charge in [0.15, 0.2) is 0 Å². The van der Waals surface area contributed by atoms with Crippen molar-refractivity contribution >= 4 is 22.4 Å². The number of rotatable bonds is 7. The van der Waals surface area contributed by atoms with Gasteiger partial charge in [-0.05, 0) is 47.9 Å². The lowest BCUT2D eigenvalue weighted by molar-refractivity contribution is 0.0500. The van der Waals surface area contributed by atoms with Crippen LogP contribution < -0.4 is 4.74 Å². The van der Waals surface area contributed by atoms with Crippen molar-refractivity contribution < 1.29 is 9.84 Å². The van der Waals surface area contributed by atoms with Crippen molar-refractivity contribution in [2.24, 2.45) is 0 Å². The van der Waals surface area contributed by atoms with E-state index in [1.807, 2.05) is 24.3 Å². The van der Waals surface area contributed by atoms with Crippen LogP contribution in [-0.4, -0.2) is 36.2 Å². The molecule has 1 aliphatic heterocycles. The van der Waals surface area contributed by atoms with Crippen LogP contribution >= 0.6 is 11.6 Å². The van der Waals surface area contributed by atoms with Crippen molar-refractivity contribution in [3.05, 3.63) is 88.5 Å². The van der Waals surface area contributed by atoms with Gasteiger partial charge in [-0.15, -0.1) is 0 Å². The second-order valence-electron chi connectivity index (χ2n) is 8.25. The van der Waals surface area contributed by atoms with Crippen molar-refractivity contribution in [2.75, 3.05) is 20.2 Å². The molecule has 4 rings (SSSR count). The summed E-state index contributed by atoms with van der Waals surface area (Å²) in [5.74, 6) is 0.667. The number of nitrogens with zero attached hydrogens (tertiary/aromatic N) is 1. The minimum Gasteiger partial charge on any atom is -0.495 e. The van der Waals surface area contributed by atoms with Crippen molar-refractivity contribution in [2.45, 2.75) is 38.3 Å². The molecule has 0 bridgehead atoms. The van der Waals surface area contributed by atoms with E-state index in [-0.39, 0.29) is 6.04 Å². The van der Waals surface area contributed by atoms with Crippen molar-refractivity contribution in [3.63, 3.8) is 0 Å². The van der Waals surface area contributed by atoms with E-state index in [1.54, 1.807) is 7.11 Å². The number of halogens is 1. The van der Waals surface area contributed by atoms with Crippen molar-refractivity contribution in [3.8, 4) is 5.75 Å². The summed E-state index contributed by atoms with van der Waals surface area (Å²) in [6.07, 6.45) is 4.76. The number of fused-ring (bicyclic) bond motifs is 1. The highest BCUT2D eigenvalue weighted by atomic mass is 35.5. The van der Waals surface area contributed by atoms with Crippen LogP contribution in [0.25, 0.3) is 10.8 Å². The van der Waals surface area contributed by atoms with Crippen LogP contribution in [0.4, 0.5) is 0 Å². The Morgan fingerprint density at radius 3 is 2.58 bits per heavy atom. The number of hydrogen-bond acceptors (Lipinski definition) is 3. The first-order chi connectivity index (χ1) is 15.1. The first-order valence-corrected chi connectivity index (χ1v) is 11.4. The molecule has 3 aromatic carbocycles. The molecule has 162 valence electrons. The van der Waals surface area contributed by atoms with Crippen molar-refractivity contribution in [1.82, 2.24) is 4.90 Å². The summed E-state index contributed by atoms with van der Waals surface area (Å²) in [7, 11) is 1.62. The molecule has 0 spiro atoms. The number of ether oxygens (including phenoxy) is 1. The molecule has 0 radical (unpaired) electrons. The lowest BCUT2D eigenvalue weighted by atomic mass is 9.93. The van der Waals surface area contributed by atoms with E-state index in [4.69, 9.17) is 16.3 Å². The summed E-state index contributed by atoms with van der Waals surface area (Å²) in [5, 5.41) is 13.8. The molecular formula is C27H30ClNO2. The van der Waals surface area contributed by atoms with Gasteiger partial charge in [0.05, 0.1) is 18.2 Å². The lowest BCUT2D eigenvalue weighted by Crippen LogP contribution is -2.42. The maximum atomic E-state index is 11.2. The third kappa shape index (κ3) is 4.79. The second kappa shape index (κ2) is 9.86. The molecule has 0 saturated carbocycles. The first-order valence-electron chi connectivity index (χ1n) is 11.0. The molecule has 4 heteroatoms. The van der Waals surface area contributed by atoms with E-state index in [0.29, 0.717) is 10.8 Å². The summed E-state index contributed by atoms with van der Waals surface area (Å²) in [5.41, 5.74) is 3.78. The Bertz CT molecular complexity index is 1060. The fraction of sp³-hybridized carbons (Fsp3) is 0.333. The zero-order valence-corrected chi connectivity index (χ0v) is 19.0. The number of aliphatic hydroxyl groups is 1. The number of hydrogen-bond donors (Lipinski definition) is 1. The molecule has 1 N–H and O–H groups in total. The Morgan fingerprint density at radius 2 is 1.90 bits per heavy atom. The molecule has 2 atom stereocenters. The van der Waals surface area contributed by atoms with Crippen LogP contribution in [-0.2, 0) is 6.42 Å². The van der Waals surface area contributed by atoms with Gasteiger partial charge in [-0.1, -0.05) is 78.7 Å². The summed E-state index contributed by atoms with van der Waals surface area (Å²) >= 11 is 6.45. The molecule has 3 aromatic rings. The van der Waals surface area contributed by atoms with E-state index >= 15 is 0 Å². The van der Waals surface area contributed by atoms with Crippen LogP contribution in [0.5, 0.6) is 5.75 Å². The minimum atomic E-state index is -0.542. The third-order valence-corrected chi connectivity index (χ3v) is 6.75. The average molecular weight is 436 g/mol. The summed E-state index contributed by atoms with van der Waals surface area (Å²) < 4.78 is 5.32. The number of methoxy groups -OCH3 is 1. The Kier molecular flexibility index (Phi) is 6.96.